The normalized spacial score (nSPS) is 11.1. The maximum Gasteiger partial charge on any atom is 0.238 e. The van der Waals surface area contributed by atoms with Crippen molar-refractivity contribution in [3.8, 4) is 0 Å². The second-order valence-electron chi connectivity index (χ2n) is 3.18. The van der Waals surface area contributed by atoms with E-state index in [0.29, 0.717) is 10.7 Å². The molecule has 0 aliphatic heterocycles. The molecule has 1 aromatic heterocycles. The summed E-state index contributed by atoms with van der Waals surface area (Å²) in [6.45, 7) is 4.35. The van der Waals surface area contributed by atoms with Gasteiger partial charge in [-0.05, 0) is 33.9 Å². The maximum absolute atomic E-state index is 5.12. The minimum atomic E-state index is 0.439. The van der Waals surface area contributed by atoms with Crippen molar-refractivity contribution in [1.29, 1.82) is 0 Å². The zero-order chi connectivity index (χ0) is 9.68. The molecule has 0 N–H and O–H groups in total. The molecule has 0 unspecified atom stereocenters. The fourth-order valence-corrected chi connectivity index (χ4v) is 1.72. The molecular formula is C9H15BrN2O. The molecule has 0 aliphatic rings. The Morgan fingerprint density at radius 1 is 1.31 bits per heavy atom. The van der Waals surface area contributed by atoms with E-state index in [1.165, 1.54) is 0 Å². The largest absolute Gasteiger partial charge is 0.338 e. The predicted octanol–water partition coefficient (Wildman–Crippen LogP) is 3.52. The highest BCUT2D eigenvalue weighted by Crippen LogP contribution is 2.25. The molecule has 0 fully saturated rings. The molecule has 0 aliphatic carbocycles. The zero-order valence-electron chi connectivity index (χ0n) is 8.09. The number of hydrogen-bond acceptors (Lipinski definition) is 3. The van der Waals surface area contributed by atoms with Gasteiger partial charge in [0.05, 0.1) is 0 Å². The molecule has 1 aromatic rings. The van der Waals surface area contributed by atoms with E-state index in [2.05, 4.69) is 39.9 Å². The zero-order valence-corrected chi connectivity index (χ0v) is 9.67. The minimum absolute atomic E-state index is 0.439. The summed E-state index contributed by atoms with van der Waals surface area (Å²) in [7, 11) is 0. The van der Waals surface area contributed by atoms with Crippen LogP contribution in [-0.4, -0.2) is 10.1 Å². The molecule has 0 bridgehead atoms. The van der Waals surface area contributed by atoms with E-state index in [0.717, 1.165) is 31.6 Å². The lowest BCUT2D eigenvalue weighted by atomic mass is 9.98. The van der Waals surface area contributed by atoms with Gasteiger partial charge in [-0.1, -0.05) is 26.7 Å². The second kappa shape index (κ2) is 5.37. The van der Waals surface area contributed by atoms with Gasteiger partial charge in [-0.15, -0.1) is 0 Å². The molecule has 1 rings (SSSR count). The monoisotopic (exact) mass is 246 g/mol. The summed E-state index contributed by atoms with van der Waals surface area (Å²) in [5, 5.41) is 3.73. The third-order valence-electron chi connectivity index (χ3n) is 2.04. The quantitative estimate of drug-likeness (QED) is 0.799. The van der Waals surface area contributed by atoms with Crippen LogP contribution in [0.25, 0.3) is 0 Å². The molecule has 74 valence electrons. The molecule has 1 heterocycles. The Bertz CT molecular complexity index is 244. The van der Waals surface area contributed by atoms with Gasteiger partial charge in [-0.25, -0.2) is 0 Å². The SMILES string of the molecule is CCCC(CCC)c1nc(Br)no1. The van der Waals surface area contributed by atoms with Gasteiger partial charge in [-0.3, -0.25) is 0 Å². The molecular weight excluding hydrogens is 232 g/mol. The van der Waals surface area contributed by atoms with E-state index in [-0.39, 0.29) is 0 Å². The number of aromatic nitrogens is 2. The van der Waals surface area contributed by atoms with Gasteiger partial charge in [0.2, 0.25) is 10.6 Å². The lowest BCUT2D eigenvalue weighted by Crippen LogP contribution is -1.98. The molecule has 13 heavy (non-hydrogen) atoms. The van der Waals surface area contributed by atoms with Gasteiger partial charge in [0, 0.05) is 5.92 Å². The smallest absolute Gasteiger partial charge is 0.238 e. The standard InChI is InChI=1S/C9H15BrN2O/c1-3-5-7(6-4-2)8-11-9(10)12-13-8/h7H,3-6H2,1-2H3. The average molecular weight is 247 g/mol. The van der Waals surface area contributed by atoms with Crippen molar-refractivity contribution in [2.24, 2.45) is 0 Å². The first kappa shape index (κ1) is 10.7. The van der Waals surface area contributed by atoms with Crippen molar-refractivity contribution in [3.63, 3.8) is 0 Å². The van der Waals surface area contributed by atoms with Crippen molar-refractivity contribution < 1.29 is 4.52 Å². The number of hydrogen-bond donors (Lipinski definition) is 0. The van der Waals surface area contributed by atoms with E-state index < -0.39 is 0 Å². The first-order chi connectivity index (χ1) is 6.27. The summed E-state index contributed by atoms with van der Waals surface area (Å²) in [4.78, 5) is 4.19. The molecule has 3 nitrogen and oxygen atoms in total. The molecule has 0 atom stereocenters. The van der Waals surface area contributed by atoms with Crippen molar-refractivity contribution in [3.05, 3.63) is 10.6 Å². The average Bonchev–Trinajstić information content (AvgIpc) is 2.51. The summed E-state index contributed by atoms with van der Waals surface area (Å²) in [6, 6.07) is 0. The summed E-state index contributed by atoms with van der Waals surface area (Å²) in [5.41, 5.74) is 0. The lowest BCUT2D eigenvalue weighted by Gasteiger charge is -2.08. The van der Waals surface area contributed by atoms with Crippen molar-refractivity contribution in [1.82, 2.24) is 10.1 Å². The van der Waals surface area contributed by atoms with Crippen LogP contribution in [0, 0.1) is 0 Å². The Balaban J connectivity index is 2.63. The molecule has 0 spiro atoms. The van der Waals surface area contributed by atoms with E-state index in [4.69, 9.17) is 4.52 Å². The van der Waals surface area contributed by atoms with Crippen LogP contribution in [0.15, 0.2) is 9.26 Å². The van der Waals surface area contributed by atoms with Gasteiger partial charge < -0.3 is 4.52 Å². The van der Waals surface area contributed by atoms with Gasteiger partial charge in [0.15, 0.2) is 0 Å². The third kappa shape index (κ3) is 3.10. The van der Waals surface area contributed by atoms with E-state index in [9.17, 15) is 0 Å². The Morgan fingerprint density at radius 2 is 1.92 bits per heavy atom. The van der Waals surface area contributed by atoms with Crippen LogP contribution in [0.2, 0.25) is 0 Å². The number of nitrogens with zero attached hydrogens (tertiary/aromatic N) is 2. The summed E-state index contributed by atoms with van der Waals surface area (Å²) < 4.78 is 5.68. The van der Waals surface area contributed by atoms with Crippen LogP contribution < -0.4 is 0 Å². The van der Waals surface area contributed by atoms with Crippen LogP contribution in [0.5, 0.6) is 0 Å². The van der Waals surface area contributed by atoms with Gasteiger partial charge >= 0.3 is 0 Å². The van der Waals surface area contributed by atoms with Crippen LogP contribution in [0.4, 0.5) is 0 Å². The fraction of sp³-hybridized carbons (Fsp3) is 0.778. The molecule has 0 aromatic carbocycles. The number of rotatable bonds is 5. The highest BCUT2D eigenvalue weighted by Gasteiger charge is 2.16. The van der Waals surface area contributed by atoms with Gasteiger partial charge in [0.25, 0.3) is 0 Å². The topological polar surface area (TPSA) is 38.9 Å². The molecule has 0 saturated heterocycles. The molecule has 0 saturated carbocycles. The van der Waals surface area contributed by atoms with E-state index >= 15 is 0 Å². The minimum Gasteiger partial charge on any atom is -0.338 e. The maximum atomic E-state index is 5.12. The van der Waals surface area contributed by atoms with Gasteiger partial charge in [0.1, 0.15) is 0 Å². The Morgan fingerprint density at radius 3 is 2.31 bits per heavy atom. The molecule has 0 radical (unpaired) electrons. The van der Waals surface area contributed by atoms with Crippen molar-refractivity contribution in [2.75, 3.05) is 0 Å². The van der Waals surface area contributed by atoms with Gasteiger partial charge in [-0.2, -0.15) is 4.98 Å². The Labute approximate surface area is 87.0 Å². The number of halogens is 1. The molecule has 0 amide bonds. The first-order valence-corrected chi connectivity index (χ1v) is 5.56. The van der Waals surface area contributed by atoms with Crippen LogP contribution in [0.1, 0.15) is 51.3 Å². The Hall–Kier alpha value is -0.380. The van der Waals surface area contributed by atoms with E-state index in [1.807, 2.05) is 0 Å². The first-order valence-electron chi connectivity index (χ1n) is 4.77. The van der Waals surface area contributed by atoms with Crippen LogP contribution in [0.3, 0.4) is 0 Å². The van der Waals surface area contributed by atoms with Crippen molar-refractivity contribution in [2.45, 2.75) is 45.4 Å². The fourth-order valence-electron chi connectivity index (χ4n) is 1.47. The third-order valence-corrected chi connectivity index (χ3v) is 2.36. The highest BCUT2D eigenvalue weighted by molar-refractivity contribution is 9.10. The Kier molecular flexibility index (Phi) is 4.42. The van der Waals surface area contributed by atoms with Crippen LogP contribution in [-0.2, 0) is 0 Å². The van der Waals surface area contributed by atoms with Crippen molar-refractivity contribution >= 4 is 15.9 Å². The lowest BCUT2D eigenvalue weighted by molar-refractivity contribution is 0.335. The summed E-state index contributed by atoms with van der Waals surface area (Å²) in [6.07, 6.45) is 4.57. The highest BCUT2D eigenvalue weighted by atomic mass is 79.9. The van der Waals surface area contributed by atoms with E-state index in [1.54, 1.807) is 0 Å². The molecule has 4 heteroatoms. The predicted molar refractivity (Wildman–Crippen MR) is 54.6 cm³/mol. The van der Waals surface area contributed by atoms with Crippen LogP contribution >= 0.6 is 15.9 Å². The second-order valence-corrected chi connectivity index (χ2v) is 3.89. The summed E-state index contributed by atoms with van der Waals surface area (Å²) >= 11 is 3.19. The summed E-state index contributed by atoms with van der Waals surface area (Å²) in [5.74, 6) is 1.21.